The lowest BCUT2D eigenvalue weighted by Crippen LogP contribution is -2.50. The van der Waals surface area contributed by atoms with Gasteiger partial charge < -0.3 is 33.0 Å². The van der Waals surface area contributed by atoms with Gasteiger partial charge >= 0.3 is 30.0 Å². The smallest absolute Gasteiger partial charge is 0.471 e. The second-order valence-corrected chi connectivity index (χ2v) is 8.47. The first-order valence-corrected chi connectivity index (χ1v) is 11.5. The van der Waals surface area contributed by atoms with E-state index >= 15 is 0 Å². The van der Waals surface area contributed by atoms with Crippen molar-refractivity contribution in [2.45, 2.75) is 64.1 Å². The second-order valence-electron chi connectivity index (χ2n) is 8.47. The fraction of sp³-hybridized carbons (Fsp3) is 0.440. The third kappa shape index (κ3) is 7.28. The number of carbonyl (C=O) groups is 4. The van der Waals surface area contributed by atoms with Crippen LogP contribution >= 0.6 is 0 Å². The molecule has 0 spiro atoms. The molecule has 0 saturated carbocycles. The number of methoxy groups -OCH3 is 1. The van der Waals surface area contributed by atoms with Crippen LogP contribution in [-0.4, -0.2) is 66.6 Å². The minimum Gasteiger partial charge on any atom is -0.497 e. The van der Waals surface area contributed by atoms with E-state index in [0.717, 1.165) is 27.0 Å². The summed E-state index contributed by atoms with van der Waals surface area (Å²) in [5.74, 6) is -4.67. The minimum absolute atomic E-state index is 0.173. The molecule has 1 aliphatic heterocycles. The SMILES string of the molecule is COc1ccc(CN(C(=O)C(F)(F)F)[C@H](c2ccco2)[C@H]2O[C@@H](OC(C)=O)[C@H](OC(C)=O)[C@@H]2OC(C)=O)cc1. The highest BCUT2D eigenvalue weighted by Crippen LogP contribution is 2.41. The molecule has 0 aliphatic carbocycles. The van der Waals surface area contributed by atoms with Gasteiger partial charge in [0.05, 0.1) is 13.4 Å². The van der Waals surface area contributed by atoms with Crippen LogP contribution in [0.25, 0.3) is 0 Å². The first kappa shape index (κ1) is 29.5. The maximum Gasteiger partial charge on any atom is 0.471 e. The van der Waals surface area contributed by atoms with Gasteiger partial charge in [-0.15, -0.1) is 0 Å². The van der Waals surface area contributed by atoms with E-state index < -0.39 is 67.2 Å². The van der Waals surface area contributed by atoms with Gasteiger partial charge in [0.1, 0.15) is 23.7 Å². The van der Waals surface area contributed by atoms with Crippen molar-refractivity contribution in [2.75, 3.05) is 7.11 Å². The van der Waals surface area contributed by atoms with Crippen LogP contribution in [-0.2, 0) is 44.7 Å². The number of ether oxygens (including phenoxy) is 5. The Bertz CT molecular complexity index is 1170. The fourth-order valence-corrected chi connectivity index (χ4v) is 4.14. The van der Waals surface area contributed by atoms with E-state index in [1.165, 1.54) is 43.5 Å². The molecule has 39 heavy (non-hydrogen) atoms. The Kier molecular flexibility index (Phi) is 9.22. The molecule has 1 amide bonds. The molecule has 0 unspecified atom stereocenters. The van der Waals surface area contributed by atoms with E-state index in [4.69, 9.17) is 28.1 Å². The molecule has 1 saturated heterocycles. The average Bonchev–Trinajstić information content (AvgIpc) is 3.47. The first-order chi connectivity index (χ1) is 18.3. The minimum atomic E-state index is -5.34. The summed E-state index contributed by atoms with van der Waals surface area (Å²) in [6.45, 7) is 2.46. The van der Waals surface area contributed by atoms with Gasteiger partial charge in [-0.2, -0.15) is 13.2 Å². The molecule has 2 aromatic rings. The van der Waals surface area contributed by atoms with E-state index in [9.17, 15) is 32.3 Å². The Morgan fingerprint density at radius 1 is 0.923 bits per heavy atom. The molecule has 1 aromatic heterocycles. The summed E-state index contributed by atoms with van der Waals surface area (Å²) >= 11 is 0. The maximum absolute atomic E-state index is 13.9. The van der Waals surface area contributed by atoms with Crippen LogP contribution < -0.4 is 4.74 Å². The van der Waals surface area contributed by atoms with Crippen LogP contribution in [0.1, 0.15) is 38.1 Å². The van der Waals surface area contributed by atoms with Crippen molar-refractivity contribution in [1.29, 1.82) is 0 Å². The van der Waals surface area contributed by atoms with E-state index in [0.29, 0.717) is 10.6 Å². The van der Waals surface area contributed by atoms with Gasteiger partial charge in [-0.3, -0.25) is 19.2 Å². The molecule has 1 fully saturated rings. The lowest BCUT2D eigenvalue weighted by Gasteiger charge is -2.36. The van der Waals surface area contributed by atoms with Crippen LogP contribution in [0.4, 0.5) is 13.2 Å². The zero-order chi connectivity index (χ0) is 28.9. The van der Waals surface area contributed by atoms with Crippen molar-refractivity contribution in [2.24, 2.45) is 0 Å². The number of alkyl halides is 3. The van der Waals surface area contributed by atoms with Crippen molar-refractivity contribution >= 4 is 23.8 Å². The topological polar surface area (TPSA) is 131 Å². The number of hydrogen-bond acceptors (Lipinski definition) is 10. The molecule has 14 heteroatoms. The normalized spacial score (nSPS) is 21.5. The summed E-state index contributed by atoms with van der Waals surface area (Å²) < 4.78 is 73.6. The Morgan fingerprint density at radius 3 is 2.00 bits per heavy atom. The average molecular weight is 557 g/mol. The predicted octanol–water partition coefficient (Wildman–Crippen LogP) is 3.07. The van der Waals surface area contributed by atoms with Crippen molar-refractivity contribution in [3.8, 4) is 5.75 Å². The molecule has 11 nitrogen and oxygen atoms in total. The largest absolute Gasteiger partial charge is 0.497 e. The van der Waals surface area contributed by atoms with Gasteiger partial charge in [-0.25, -0.2) is 0 Å². The summed E-state index contributed by atoms with van der Waals surface area (Å²) in [6.07, 6.45) is -10.7. The van der Waals surface area contributed by atoms with E-state index in [1.54, 1.807) is 0 Å². The molecular formula is C25H26F3NO10. The zero-order valence-corrected chi connectivity index (χ0v) is 21.3. The van der Waals surface area contributed by atoms with E-state index in [2.05, 4.69) is 0 Å². The molecule has 0 radical (unpaired) electrons. The molecule has 3 rings (SSSR count). The van der Waals surface area contributed by atoms with Crippen molar-refractivity contribution in [3.63, 3.8) is 0 Å². The highest BCUT2D eigenvalue weighted by molar-refractivity contribution is 5.82. The van der Waals surface area contributed by atoms with Gasteiger partial charge in [0.25, 0.3) is 0 Å². The van der Waals surface area contributed by atoms with Crippen LogP contribution in [0.15, 0.2) is 47.1 Å². The van der Waals surface area contributed by atoms with Crippen LogP contribution in [0, 0.1) is 0 Å². The van der Waals surface area contributed by atoms with Crippen molar-refractivity contribution < 1.29 is 60.5 Å². The van der Waals surface area contributed by atoms with Gasteiger partial charge in [0, 0.05) is 27.3 Å². The van der Waals surface area contributed by atoms with E-state index in [1.807, 2.05) is 0 Å². The molecular weight excluding hydrogens is 531 g/mol. The number of benzene rings is 1. The quantitative estimate of drug-likeness (QED) is 0.335. The first-order valence-electron chi connectivity index (χ1n) is 11.5. The van der Waals surface area contributed by atoms with Crippen LogP contribution in [0.2, 0.25) is 0 Å². The molecule has 5 atom stereocenters. The number of furan rings is 1. The Morgan fingerprint density at radius 2 is 1.51 bits per heavy atom. The molecule has 1 aromatic carbocycles. The summed E-state index contributed by atoms with van der Waals surface area (Å²) in [4.78, 5) is 48.8. The summed E-state index contributed by atoms with van der Waals surface area (Å²) in [6, 6.07) is 6.87. The van der Waals surface area contributed by atoms with E-state index in [-0.39, 0.29) is 11.3 Å². The number of hydrogen-bond donors (Lipinski definition) is 0. The number of esters is 3. The summed E-state index contributed by atoms with van der Waals surface area (Å²) in [5, 5.41) is 0. The Hall–Kier alpha value is -4.07. The monoisotopic (exact) mass is 557 g/mol. The highest BCUT2D eigenvalue weighted by atomic mass is 19.4. The number of carbonyl (C=O) groups excluding carboxylic acids is 4. The maximum atomic E-state index is 13.9. The van der Waals surface area contributed by atoms with Crippen LogP contribution in [0.5, 0.6) is 5.75 Å². The highest BCUT2D eigenvalue weighted by Gasteiger charge is 2.58. The number of nitrogens with zero attached hydrogens (tertiary/aromatic N) is 1. The molecule has 1 aliphatic rings. The molecule has 2 heterocycles. The second kappa shape index (κ2) is 12.2. The Balaban J connectivity index is 2.16. The fourth-order valence-electron chi connectivity index (χ4n) is 4.14. The summed E-state index contributed by atoms with van der Waals surface area (Å²) in [7, 11) is 1.41. The van der Waals surface area contributed by atoms with Gasteiger partial charge in [-0.05, 0) is 29.8 Å². The van der Waals surface area contributed by atoms with Crippen molar-refractivity contribution in [3.05, 3.63) is 54.0 Å². The van der Waals surface area contributed by atoms with Gasteiger partial charge in [-0.1, -0.05) is 12.1 Å². The third-order valence-corrected chi connectivity index (χ3v) is 5.59. The zero-order valence-electron chi connectivity index (χ0n) is 21.3. The lowest BCUT2D eigenvalue weighted by atomic mass is 9.98. The number of halogens is 3. The Labute approximate surface area is 220 Å². The van der Waals surface area contributed by atoms with Gasteiger partial charge in [0.15, 0.2) is 6.10 Å². The van der Waals surface area contributed by atoms with Crippen molar-refractivity contribution in [1.82, 2.24) is 4.90 Å². The lowest BCUT2D eigenvalue weighted by molar-refractivity contribution is -0.204. The standard InChI is InChI=1S/C25H26F3NO10/c1-13(30)36-21-20(39-23(38-15(3)32)22(21)37-14(2)31)19(18-6-5-11-35-18)29(24(33)25(26,27)28)12-16-7-9-17(34-4)10-8-16/h5-11,19-23H,12H2,1-4H3/t19-,20-,21-,22-,23-/m1/s1. The number of rotatable bonds is 9. The summed E-state index contributed by atoms with van der Waals surface area (Å²) in [5.41, 5.74) is 0.278. The number of amides is 1. The molecule has 0 N–H and O–H groups in total. The molecule has 212 valence electrons. The third-order valence-electron chi connectivity index (χ3n) is 5.59. The van der Waals surface area contributed by atoms with Gasteiger partial charge in [0.2, 0.25) is 12.4 Å². The predicted molar refractivity (Wildman–Crippen MR) is 123 cm³/mol. The van der Waals surface area contributed by atoms with Crippen LogP contribution in [0.3, 0.4) is 0 Å². The molecule has 0 bridgehead atoms.